The molecule has 5 heteroatoms. The summed E-state index contributed by atoms with van der Waals surface area (Å²) >= 11 is 0. The first-order valence-electron chi connectivity index (χ1n) is 7.72. The summed E-state index contributed by atoms with van der Waals surface area (Å²) in [7, 11) is 0. The third-order valence-electron chi connectivity index (χ3n) is 4.12. The van der Waals surface area contributed by atoms with Gasteiger partial charge in [-0.3, -0.25) is 4.99 Å². The number of nitrogens with two attached hydrogens (primary N) is 1. The van der Waals surface area contributed by atoms with E-state index in [1.807, 2.05) is 0 Å². The van der Waals surface area contributed by atoms with E-state index in [-0.39, 0.29) is 11.5 Å². The summed E-state index contributed by atoms with van der Waals surface area (Å²) < 4.78 is 11.3. The molecule has 2 aliphatic rings. The summed E-state index contributed by atoms with van der Waals surface area (Å²) in [6.45, 7) is 11.5. The first kappa shape index (κ1) is 15.6. The average Bonchev–Trinajstić information content (AvgIpc) is 2.45. The van der Waals surface area contributed by atoms with Crippen molar-refractivity contribution in [1.29, 1.82) is 0 Å². The van der Waals surface area contributed by atoms with Gasteiger partial charge in [0, 0.05) is 32.2 Å². The molecule has 116 valence electrons. The Balaban J connectivity index is 1.93. The minimum atomic E-state index is 0.161. The van der Waals surface area contributed by atoms with Crippen molar-refractivity contribution < 1.29 is 9.47 Å². The zero-order chi connectivity index (χ0) is 14.6. The van der Waals surface area contributed by atoms with Crippen LogP contribution < -0.4 is 5.73 Å². The van der Waals surface area contributed by atoms with Gasteiger partial charge >= 0.3 is 0 Å². The van der Waals surface area contributed by atoms with Crippen molar-refractivity contribution in [3.63, 3.8) is 0 Å². The highest BCUT2D eigenvalue weighted by atomic mass is 16.5. The van der Waals surface area contributed by atoms with Gasteiger partial charge in [-0.2, -0.15) is 0 Å². The van der Waals surface area contributed by atoms with Gasteiger partial charge in [-0.05, 0) is 18.3 Å². The molecule has 2 atom stereocenters. The third-order valence-corrected chi connectivity index (χ3v) is 4.12. The Morgan fingerprint density at radius 3 is 2.60 bits per heavy atom. The minimum Gasteiger partial charge on any atom is -0.378 e. The molecule has 0 aromatic heterocycles. The number of nitrogens with zero attached hydrogens (tertiary/aromatic N) is 2. The first-order chi connectivity index (χ1) is 9.48. The standard InChI is InChI=1S/C15H29N3O2/c1-15(2,3)13-12(5-4-8-20-13)11-17-14(16)18-6-9-19-10-7-18/h12-13H,4-11H2,1-3H3,(H2,16,17)/t12-,13-/m1/s1. The molecule has 0 spiro atoms. The number of hydrogen-bond donors (Lipinski definition) is 1. The van der Waals surface area contributed by atoms with Crippen LogP contribution in [-0.2, 0) is 9.47 Å². The third kappa shape index (κ3) is 4.09. The topological polar surface area (TPSA) is 60.1 Å². The van der Waals surface area contributed by atoms with Crippen LogP contribution in [0.2, 0.25) is 0 Å². The van der Waals surface area contributed by atoms with Crippen molar-refractivity contribution in [2.75, 3.05) is 39.5 Å². The number of hydrogen-bond acceptors (Lipinski definition) is 3. The molecule has 0 aliphatic carbocycles. The van der Waals surface area contributed by atoms with E-state index < -0.39 is 0 Å². The Hall–Kier alpha value is -0.810. The van der Waals surface area contributed by atoms with E-state index in [2.05, 4.69) is 30.7 Å². The monoisotopic (exact) mass is 283 g/mol. The molecule has 0 amide bonds. The molecule has 2 aliphatic heterocycles. The first-order valence-corrected chi connectivity index (χ1v) is 7.72. The zero-order valence-corrected chi connectivity index (χ0v) is 13.1. The number of rotatable bonds is 2. The van der Waals surface area contributed by atoms with Gasteiger partial charge in [0.1, 0.15) is 0 Å². The fourth-order valence-electron chi connectivity index (χ4n) is 3.09. The van der Waals surface area contributed by atoms with Crippen LogP contribution in [0.15, 0.2) is 4.99 Å². The second-order valence-electron chi connectivity index (χ2n) is 6.86. The van der Waals surface area contributed by atoms with Crippen LogP contribution in [0.25, 0.3) is 0 Å². The smallest absolute Gasteiger partial charge is 0.191 e. The van der Waals surface area contributed by atoms with Crippen LogP contribution in [0.3, 0.4) is 0 Å². The predicted molar refractivity (Wildman–Crippen MR) is 80.8 cm³/mol. The Morgan fingerprint density at radius 2 is 1.95 bits per heavy atom. The fraction of sp³-hybridized carbons (Fsp3) is 0.933. The number of morpholine rings is 1. The normalized spacial score (nSPS) is 29.6. The van der Waals surface area contributed by atoms with Crippen LogP contribution in [0.5, 0.6) is 0 Å². The summed E-state index contributed by atoms with van der Waals surface area (Å²) in [5, 5.41) is 0. The van der Waals surface area contributed by atoms with Crippen molar-refractivity contribution in [3.05, 3.63) is 0 Å². The summed E-state index contributed by atoms with van der Waals surface area (Å²) in [6.07, 6.45) is 2.59. The average molecular weight is 283 g/mol. The van der Waals surface area contributed by atoms with E-state index >= 15 is 0 Å². The van der Waals surface area contributed by atoms with E-state index in [0.29, 0.717) is 11.9 Å². The molecule has 20 heavy (non-hydrogen) atoms. The molecular weight excluding hydrogens is 254 g/mol. The summed E-state index contributed by atoms with van der Waals surface area (Å²) in [6, 6.07) is 0. The maximum absolute atomic E-state index is 6.10. The van der Waals surface area contributed by atoms with Gasteiger partial charge in [0.25, 0.3) is 0 Å². The molecule has 2 fully saturated rings. The molecule has 0 aromatic rings. The molecule has 2 rings (SSSR count). The Labute approximate surface area is 122 Å². The zero-order valence-electron chi connectivity index (χ0n) is 13.1. The molecule has 2 N–H and O–H groups in total. The molecule has 0 unspecified atom stereocenters. The van der Waals surface area contributed by atoms with E-state index in [1.54, 1.807) is 0 Å². The SMILES string of the molecule is CC(C)(C)[C@@H]1OCCC[C@@H]1CN=C(N)N1CCOCC1. The van der Waals surface area contributed by atoms with Crippen molar-refractivity contribution in [1.82, 2.24) is 4.90 Å². The molecule has 2 heterocycles. The van der Waals surface area contributed by atoms with Gasteiger partial charge in [-0.15, -0.1) is 0 Å². The molecule has 0 saturated carbocycles. The van der Waals surface area contributed by atoms with E-state index in [9.17, 15) is 0 Å². The lowest BCUT2D eigenvalue weighted by atomic mass is 9.78. The lowest BCUT2D eigenvalue weighted by Gasteiger charge is -2.39. The van der Waals surface area contributed by atoms with Crippen LogP contribution >= 0.6 is 0 Å². The van der Waals surface area contributed by atoms with Crippen molar-refractivity contribution in [2.24, 2.45) is 22.1 Å². The molecule has 0 radical (unpaired) electrons. The van der Waals surface area contributed by atoms with Gasteiger partial charge in [-0.25, -0.2) is 0 Å². The minimum absolute atomic E-state index is 0.161. The highest BCUT2D eigenvalue weighted by Gasteiger charge is 2.35. The number of aliphatic imine (C=N–C) groups is 1. The largest absolute Gasteiger partial charge is 0.378 e. The molecular formula is C15H29N3O2. The van der Waals surface area contributed by atoms with Crippen LogP contribution in [0.4, 0.5) is 0 Å². The molecule has 2 saturated heterocycles. The summed E-state index contributed by atoms with van der Waals surface area (Å²) in [5.41, 5.74) is 6.26. The lowest BCUT2D eigenvalue weighted by molar-refractivity contribution is -0.0824. The van der Waals surface area contributed by atoms with Crippen LogP contribution in [0, 0.1) is 11.3 Å². The van der Waals surface area contributed by atoms with Gasteiger partial charge in [-0.1, -0.05) is 20.8 Å². The van der Waals surface area contributed by atoms with Gasteiger partial charge < -0.3 is 20.1 Å². The van der Waals surface area contributed by atoms with Gasteiger partial charge in [0.05, 0.1) is 19.3 Å². The number of ether oxygens (including phenoxy) is 2. The quantitative estimate of drug-likeness (QED) is 0.616. The van der Waals surface area contributed by atoms with Crippen molar-refractivity contribution >= 4 is 5.96 Å². The maximum atomic E-state index is 6.10. The van der Waals surface area contributed by atoms with E-state index in [0.717, 1.165) is 45.9 Å². The molecule has 0 bridgehead atoms. The highest BCUT2D eigenvalue weighted by Crippen LogP contribution is 2.34. The van der Waals surface area contributed by atoms with Gasteiger partial charge in [0.2, 0.25) is 0 Å². The second kappa shape index (κ2) is 6.76. The van der Waals surface area contributed by atoms with Gasteiger partial charge in [0.15, 0.2) is 5.96 Å². The molecule has 0 aromatic carbocycles. The fourth-order valence-corrected chi connectivity index (χ4v) is 3.09. The Bertz CT molecular complexity index is 333. The second-order valence-corrected chi connectivity index (χ2v) is 6.86. The lowest BCUT2D eigenvalue weighted by Crippen LogP contribution is -2.46. The van der Waals surface area contributed by atoms with Crippen LogP contribution in [-0.4, -0.2) is 56.4 Å². The van der Waals surface area contributed by atoms with Crippen LogP contribution in [0.1, 0.15) is 33.6 Å². The van der Waals surface area contributed by atoms with Crippen molar-refractivity contribution in [2.45, 2.75) is 39.7 Å². The summed E-state index contributed by atoms with van der Waals surface area (Å²) in [5.74, 6) is 1.13. The van der Waals surface area contributed by atoms with E-state index in [4.69, 9.17) is 15.2 Å². The predicted octanol–water partition coefficient (Wildman–Crippen LogP) is 1.47. The highest BCUT2D eigenvalue weighted by molar-refractivity contribution is 5.78. The Morgan fingerprint density at radius 1 is 1.25 bits per heavy atom. The van der Waals surface area contributed by atoms with Crippen molar-refractivity contribution in [3.8, 4) is 0 Å². The number of guanidine groups is 1. The maximum Gasteiger partial charge on any atom is 0.191 e. The Kier molecular flexibility index (Phi) is 5.27. The van der Waals surface area contributed by atoms with E-state index in [1.165, 1.54) is 6.42 Å². The molecule has 5 nitrogen and oxygen atoms in total. The summed E-state index contributed by atoms with van der Waals surface area (Å²) in [4.78, 5) is 6.73.